The van der Waals surface area contributed by atoms with Crippen molar-refractivity contribution in [3.8, 4) is 0 Å². The van der Waals surface area contributed by atoms with Crippen LogP contribution < -0.4 is 5.32 Å². The minimum Gasteiger partial charge on any atom is -0.314 e. The predicted molar refractivity (Wildman–Crippen MR) is 78.2 cm³/mol. The quantitative estimate of drug-likeness (QED) is 0.786. The second kappa shape index (κ2) is 8.46. The average molecular weight is 270 g/mol. The van der Waals surface area contributed by atoms with Crippen molar-refractivity contribution in [2.75, 3.05) is 27.2 Å². The molecule has 0 aliphatic carbocycles. The smallest absolute Gasteiger partial charge is 0.0621 e. The van der Waals surface area contributed by atoms with Gasteiger partial charge in [0.2, 0.25) is 0 Å². The van der Waals surface area contributed by atoms with Crippen molar-refractivity contribution in [2.24, 2.45) is 0 Å². The molecule has 1 rings (SSSR count). The molecule has 1 atom stereocenters. The molecule has 0 aromatic carbocycles. The minimum absolute atomic E-state index is 0.479. The Labute approximate surface area is 116 Å². The number of pyridine rings is 1. The van der Waals surface area contributed by atoms with Crippen LogP contribution in [0.2, 0.25) is 5.02 Å². The van der Waals surface area contributed by atoms with Crippen LogP contribution in [0, 0.1) is 0 Å². The third-order valence-electron chi connectivity index (χ3n) is 2.93. The van der Waals surface area contributed by atoms with Gasteiger partial charge in [-0.2, -0.15) is 0 Å². The molecular formula is C14H24ClN3. The molecule has 1 aromatic heterocycles. The van der Waals surface area contributed by atoms with Crippen LogP contribution in [0.25, 0.3) is 0 Å². The van der Waals surface area contributed by atoms with Gasteiger partial charge in [0.1, 0.15) is 0 Å². The van der Waals surface area contributed by atoms with E-state index in [9.17, 15) is 0 Å². The van der Waals surface area contributed by atoms with Gasteiger partial charge in [0.15, 0.2) is 0 Å². The van der Waals surface area contributed by atoms with Crippen LogP contribution in [0.3, 0.4) is 0 Å². The van der Waals surface area contributed by atoms with E-state index >= 15 is 0 Å². The lowest BCUT2D eigenvalue weighted by molar-refractivity contribution is 0.356. The first-order valence-electron chi connectivity index (χ1n) is 6.60. The van der Waals surface area contributed by atoms with Crippen LogP contribution in [0.15, 0.2) is 18.5 Å². The molecule has 0 fully saturated rings. The van der Waals surface area contributed by atoms with Crippen LogP contribution in [0.5, 0.6) is 0 Å². The summed E-state index contributed by atoms with van der Waals surface area (Å²) in [4.78, 5) is 6.25. The van der Waals surface area contributed by atoms with Crippen LogP contribution in [-0.4, -0.2) is 43.1 Å². The van der Waals surface area contributed by atoms with Crippen molar-refractivity contribution in [1.82, 2.24) is 15.2 Å². The summed E-state index contributed by atoms with van der Waals surface area (Å²) in [7, 11) is 4.21. The summed E-state index contributed by atoms with van der Waals surface area (Å²) >= 11 is 6.16. The number of nitrogens with one attached hydrogen (secondary N) is 1. The summed E-state index contributed by atoms with van der Waals surface area (Å²) in [6.45, 7) is 4.33. The zero-order chi connectivity index (χ0) is 13.4. The van der Waals surface area contributed by atoms with E-state index in [2.05, 4.69) is 36.2 Å². The molecule has 0 amide bonds. The molecule has 4 heteroatoms. The molecule has 0 spiro atoms. The normalized spacial score (nSPS) is 12.9. The third-order valence-corrected chi connectivity index (χ3v) is 3.27. The molecule has 3 nitrogen and oxygen atoms in total. The fourth-order valence-corrected chi connectivity index (χ4v) is 2.07. The lowest BCUT2D eigenvalue weighted by atomic mass is 10.0. The molecule has 18 heavy (non-hydrogen) atoms. The molecule has 0 radical (unpaired) electrons. The number of nitrogens with zero attached hydrogens (tertiary/aromatic N) is 2. The third kappa shape index (κ3) is 5.80. The molecule has 0 saturated carbocycles. The first-order valence-corrected chi connectivity index (χ1v) is 6.97. The van der Waals surface area contributed by atoms with Crippen molar-refractivity contribution in [3.63, 3.8) is 0 Å². The monoisotopic (exact) mass is 269 g/mol. The highest BCUT2D eigenvalue weighted by molar-refractivity contribution is 6.31. The molecule has 1 aromatic rings. The maximum absolute atomic E-state index is 6.16. The first kappa shape index (κ1) is 15.4. The van der Waals surface area contributed by atoms with E-state index in [1.165, 1.54) is 5.56 Å². The van der Waals surface area contributed by atoms with Gasteiger partial charge in [0.25, 0.3) is 0 Å². The molecule has 0 saturated heterocycles. The average Bonchev–Trinajstić information content (AvgIpc) is 2.35. The highest BCUT2D eigenvalue weighted by Gasteiger charge is 2.11. The molecule has 1 heterocycles. The van der Waals surface area contributed by atoms with Crippen molar-refractivity contribution >= 4 is 11.6 Å². The molecule has 0 aliphatic rings. The van der Waals surface area contributed by atoms with Crippen molar-refractivity contribution < 1.29 is 0 Å². The topological polar surface area (TPSA) is 28.2 Å². The van der Waals surface area contributed by atoms with Gasteiger partial charge < -0.3 is 10.2 Å². The van der Waals surface area contributed by atoms with E-state index in [0.29, 0.717) is 6.04 Å². The Kier molecular flexibility index (Phi) is 7.25. The second-order valence-electron chi connectivity index (χ2n) is 4.91. The van der Waals surface area contributed by atoms with E-state index in [-0.39, 0.29) is 0 Å². The van der Waals surface area contributed by atoms with Gasteiger partial charge in [0.05, 0.1) is 5.02 Å². The van der Waals surface area contributed by atoms with E-state index < -0.39 is 0 Å². The molecule has 102 valence electrons. The molecular weight excluding hydrogens is 246 g/mol. The van der Waals surface area contributed by atoms with Crippen molar-refractivity contribution in [2.45, 2.75) is 32.2 Å². The van der Waals surface area contributed by atoms with Crippen LogP contribution in [0.4, 0.5) is 0 Å². The summed E-state index contributed by atoms with van der Waals surface area (Å²) < 4.78 is 0. The van der Waals surface area contributed by atoms with Crippen LogP contribution in [-0.2, 0) is 6.42 Å². The van der Waals surface area contributed by atoms with Crippen LogP contribution >= 0.6 is 11.6 Å². The van der Waals surface area contributed by atoms with Gasteiger partial charge in [-0.3, -0.25) is 4.98 Å². The number of halogens is 1. The molecule has 0 bridgehead atoms. The maximum Gasteiger partial charge on any atom is 0.0621 e. The fraction of sp³-hybridized carbons (Fsp3) is 0.643. The van der Waals surface area contributed by atoms with E-state index in [0.717, 1.165) is 37.4 Å². The predicted octanol–water partition coefficient (Wildman–Crippen LogP) is 2.60. The molecule has 1 unspecified atom stereocenters. The molecule has 0 aliphatic heterocycles. The number of hydrogen-bond donors (Lipinski definition) is 1. The van der Waals surface area contributed by atoms with Gasteiger partial charge in [-0.1, -0.05) is 18.5 Å². The van der Waals surface area contributed by atoms with E-state index in [1.54, 1.807) is 6.20 Å². The van der Waals surface area contributed by atoms with Gasteiger partial charge in [-0.25, -0.2) is 0 Å². The van der Waals surface area contributed by atoms with E-state index in [1.807, 2.05) is 12.3 Å². The van der Waals surface area contributed by atoms with Crippen molar-refractivity contribution in [3.05, 3.63) is 29.0 Å². The zero-order valence-corrected chi connectivity index (χ0v) is 12.4. The Morgan fingerprint density at radius 2 is 2.22 bits per heavy atom. The Morgan fingerprint density at radius 3 is 2.83 bits per heavy atom. The summed E-state index contributed by atoms with van der Waals surface area (Å²) in [5.41, 5.74) is 1.18. The Morgan fingerprint density at radius 1 is 1.44 bits per heavy atom. The van der Waals surface area contributed by atoms with Gasteiger partial charge >= 0.3 is 0 Å². The van der Waals surface area contributed by atoms with Gasteiger partial charge in [-0.15, -0.1) is 0 Å². The Bertz CT molecular complexity index is 342. The summed E-state index contributed by atoms with van der Waals surface area (Å²) in [5.74, 6) is 0. The minimum atomic E-state index is 0.479. The number of hydrogen-bond acceptors (Lipinski definition) is 3. The Hall–Kier alpha value is -0.640. The second-order valence-corrected chi connectivity index (χ2v) is 5.32. The first-order chi connectivity index (χ1) is 8.63. The maximum atomic E-state index is 6.16. The highest BCUT2D eigenvalue weighted by atomic mass is 35.5. The van der Waals surface area contributed by atoms with Gasteiger partial charge in [0, 0.05) is 18.4 Å². The van der Waals surface area contributed by atoms with E-state index in [4.69, 9.17) is 11.6 Å². The summed E-state index contributed by atoms with van der Waals surface area (Å²) in [6.07, 6.45) is 6.78. The lowest BCUT2D eigenvalue weighted by Crippen LogP contribution is -2.34. The lowest BCUT2D eigenvalue weighted by Gasteiger charge is -2.21. The largest absolute Gasteiger partial charge is 0.314 e. The SMILES string of the molecule is CCCNC(CCN(C)C)Cc1ccncc1Cl. The number of aromatic nitrogens is 1. The Balaban J connectivity index is 2.56. The summed E-state index contributed by atoms with van der Waals surface area (Å²) in [5, 5.41) is 4.36. The van der Waals surface area contributed by atoms with Crippen molar-refractivity contribution in [1.29, 1.82) is 0 Å². The zero-order valence-electron chi connectivity index (χ0n) is 11.6. The molecule has 1 N–H and O–H groups in total. The standard InChI is InChI=1S/C14H24ClN3/c1-4-7-17-13(6-9-18(2)3)10-12-5-8-16-11-14(12)15/h5,8,11,13,17H,4,6-7,9-10H2,1-3H3. The summed E-state index contributed by atoms with van der Waals surface area (Å²) in [6, 6.07) is 2.49. The highest BCUT2D eigenvalue weighted by Crippen LogP contribution is 2.16. The fourth-order valence-electron chi connectivity index (χ4n) is 1.87. The number of rotatable bonds is 8. The van der Waals surface area contributed by atoms with Gasteiger partial charge in [-0.05, 0) is 58.1 Å². The van der Waals surface area contributed by atoms with Crippen LogP contribution in [0.1, 0.15) is 25.3 Å².